The summed E-state index contributed by atoms with van der Waals surface area (Å²) in [6, 6.07) is 0.439. The highest BCUT2D eigenvalue weighted by Gasteiger charge is 2.11. The third-order valence-corrected chi connectivity index (χ3v) is 2.54. The van der Waals surface area contributed by atoms with Gasteiger partial charge in [0.25, 0.3) is 0 Å². The Morgan fingerprint density at radius 1 is 1.29 bits per heavy atom. The molecule has 3 nitrogen and oxygen atoms in total. The van der Waals surface area contributed by atoms with Crippen LogP contribution < -0.4 is 5.32 Å². The van der Waals surface area contributed by atoms with Gasteiger partial charge in [-0.15, -0.1) is 0 Å². The summed E-state index contributed by atoms with van der Waals surface area (Å²) in [5.74, 6) is 0.689. The second kappa shape index (κ2) is 4.42. The molecule has 74 valence electrons. The first kappa shape index (κ1) is 9.46. The molecule has 0 spiro atoms. The highest BCUT2D eigenvalue weighted by molar-refractivity contribution is 6.31. The standard InChI is InChI=1S/C10H12ClN3/c11-9-10(13-7-6-12-9)14-8-4-2-1-3-5-8/h1-2,6-8H,3-5H2,(H,13,14). The topological polar surface area (TPSA) is 37.8 Å². The summed E-state index contributed by atoms with van der Waals surface area (Å²) in [4.78, 5) is 8.11. The molecule has 0 aromatic carbocycles. The summed E-state index contributed by atoms with van der Waals surface area (Å²) >= 11 is 5.89. The maximum absolute atomic E-state index is 5.89. The predicted octanol–water partition coefficient (Wildman–Crippen LogP) is 2.65. The van der Waals surface area contributed by atoms with Crippen LogP contribution >= 0.6 is 11.6 Å². The Morgan fingerprint density at radius 2 is 2.14 bits per heavy atom. The molecule has 0 bridgehead atoms. The number of aromatic nitrogens is 2. The van der Waals surface area contributed by atoms with Gasteiger partial charge in [-0.1, -0.05) is 23.8 Å². The van der Waals surface area contributed by atoms with Crippen LogP contribution in [0.25, 0.3) is 0 Å². The van der Waals surface area contributed by atoms with Crippen LogP contribution in [0.2, 0.25) is 5.15 Å². The van der Waals surface area contributed by atoms with Crippen molar-refractivity contribution < 1.29 is 0 Å². The first-order chi connectivity index (χ1) is 6.86. The van der Waals surface area contributed by atoms with E-state index in [1.807, 2.05) is 0 Å². The number of nitrogens with zero attached hydrogens (tertiary/aromatic N) is 2. The van der Waals surface area contributed by atoms with Gasteiger partial charge in [-0.25, -0.2) is 9.97 Å². The summed E-state index contributed by atoms with van der Waals surface area (Å²) in [6.07, 6.45) is 10.9. The zero-order valence-corrected chi connectivity index (χ0v) is 8.54. The average Bonchev–Trinajstić information content (AvgIpc) is 2.23. The monoisotopic (exact) mass is 209 g/mol. The lowest BCUT2D eigenvalue weighted by Gasteiger charge is -2.19. The smallest absolute Gasteiger partial charge is 0.171 e. The van der Waals surface area contributed by atoms with Crippen molar-refractivity contribution in [3.05, 3.63) is 29.7 Å². The fourth-order valence-electron chi connectivity index (χ4n) is 1.54. The van der Waals surface area contributed by atoms with Gasteiger partial charge in [0.05, 0.1) is 0 Å². The van der Waals surface area contributed by atoms with E-state index in [4.69, 9.17) is 11.6 Å². The molecule has 1 heterocycles. The molecule has 0 saturated heterocycles. The Hall–Kier alpha value is -1.09. The predicted molar refractivity (Wildman–Crippen MR) is 57.4 cm³/mol. The summed E-state index contributed by atoms with van der Waals surface area (Å²) in [5, 5.41) is 3.74. The molecule has 1 aromatic rings. The van der Waals surface area contributed by atoms with Gasteiger partial charge in [-0.3, -0.25) is 0 Å². The van der Waals surface area contributed by atoms with Gasteiger partial charge in [-0.05, 0) is 19.3 Å². The molecule has 14 heavy (non-hydrogen) atoms. The third-order valence-electron chi connectivity index (χ3n) is 2.26. The van der Waals surface area contributed by atoms with Gasteiger partial charge in [0, 0.05) is 18.4 Å². The normalized spacial score (nSPS) is 20.8. The van der Waals surface area contributed by atoms with Gasteiger partial charge in [0.2, 0.25) is 0 Å². The molecule has 0 aliphatic heterocycles. The SMILES string of the molecule is Clc1nccnc1NC1CC=CCC1. The maximum atomic E-state index is 5.89. The fourth-order valence-corrected chi connectivity index (χ4v) is 1.70. The molecule has 0 fully saturated rings. The molecule has 2 rings (SSSR count). The van der Waals surface area contributed by atoms with Crippen molar-refractivity contribution in [3.8, 4) is 0 Å². The van der Waals surface area contributed by atoms with Gasteiger partial charge >= 0.3 is 0 Å². The molecule has 0 amide bonds. The summed E-state index contributed by atoms with van der Waals surface area (Å²) in [6.45, 7) is 0. The number of hydrogen-bond donors (Lipinski definition) is 1. The van der Waals surface area contributed by atoms with Gasteiger partial charge in [0.15, 0.2) is 11.0 Å². The van der Waals surface area contributed by atoms with Crippen LogP contribution in [-0.2, 0) is 0 Å². The van der Waals surface area contributed by atoms with Gasteiger partial charge in [0.1, 0.15) is 0 Å². The largest absolute Gasteiger partial charge is 0.364 e. The van der Waals surface area contributed by atoms with Crippen LogP contribution in [0.3, 0.4) is 0 Å². The molecule has 1 aliphatic carbocycles. The summed E-state index contributed by atoms with van der Waals surface area (Å²) < 4.78 is 0. The van der Waals surface area contributed by atoms with Crippen molar-refractivity contribution in [2.75, 3.05) is 5.32 Å². The third kappa shape index (κ3) is 2.23. The van der Waals surface area contributed by atoms with Gasteiger partial charge < -0.3 is 5.32 Å². The molecule has 1 N–H and O–H groups in total. The minimum Gasteiger partial charge on any atom is -0.364 e. The quantitative estimate of drug-likeness (QED) is 0.761. The Balaban J connectivity index is 2.03. The molecule has 0 saturated carbocycles. The van der Waals surface area contributed by atoms with Crippen LogP contribution in [0.1, 0.15) is 19.3 Å². The summed E-state index contributed by atoms with van der Waals surface area (Å²) in [5.41, 5.74) is 0. The maximum Gasteiger partial charge on any atom is 0.171 e. The number of hydrogen-bond acceptors (Lipinski definition) is 3. The Morgan fingerprint density at radius 3 is 2.86 bits per heavy atom. The molecule has 1 unspecified atom stereocenters. The summed E-state index contributed by atoms with van der Waals surface area (Å²) in [7, 11) is 0. The number of allylic oxidation sites excluding steroid dienone is 1. The van der Waals surface area contributed by atoms with Gasteiger partial charge in [-0.2, -0.15) is 0 Å². The first-order valence-corrected chi connectivity index (χ1v) is 5.12. The average molecular weight is 210 g/mol. The van der Waals surface area contributed by atoms with Crippen LogP contribution in [0, 0.1) is 0 Å². The van der Waals surface area contributed by atoms with Crippen LogP contribution in [-0.4, -0.2) is 16.0 Å². The Kier molecular flexibility index (Phi) is 2.99. The van der Waals surface area contributed by atoms with E-state index in [2.05, 4.69) is 27.4 Å². The van der Waals surface area contributed by atoms with E-state index in [1.165, 1.54) is 0 Å². The minimum absolute atomic E-state index is 0.439. The molecule has 0 radical (unpaired) electrons. The van der Waals surface area contributed by atoms with E-state index < -0.39 is 0 Å². The van der Waals surface area contributed by atoms with E-state index in [0.29, 0.717) is 17.0 Å². The van der Waals surface area contributed by atoms with Crippen LogP contribution in [0.4, 0.5) is 5.82 Å². The zero-order chi connectivity index (χ0) is 9.80. The van der Waals surface area contributed by atoms with Crippen molar-refractivity contribution in [1.29, 1.82) is 0 Å². The number of anilines is 1. The van der Waals surface area contributed by atoms with E-state index in [-0.39, 0.29) is 0 Å². The molecule has 1 aromatic heterocycles. The van der Waals surface area contributed by atoms with Crippen LogP contribution in [0.15, 0.2) is 24.5 Å². The number of rotatable bonds is 2. The highest BCUT2D eigenvalue weighted by Crippen LogP contribution is 2.19. The van der Waals surface area contributed by atoms with Crippen molar-refractivity contribution in [2.24, 2.45) is 0 Å². The van der Waals surface area contributed by atoms with E-state index in [9.17, 15) is 0 Å². The molecule has 1 aliphatic rings. The molecular weight excluding hydrogens is 198 g/mol. The Labute approximate surface area is 88.2 Å². The number of halogens is 1. The van der Waals surface area contributed by atoms with Crippen LogP contribution in [0.5, 0.6) is 0 Å². The van der Waals surface area contributed by atoms with E-state index in [1.54, 1.807) is 12.4 Å². The van der Waals surface area contributed by atoms with Crippen molar-refractivity contribution >= 4 is 17.4 Å². The van der Waals surface area contributed by atoms with E-state index >= 15 is 0 Å². The second-order valence-corrected chi connectivity index (χ2v) is 3.68. The lowest BCUT2D eigenvalue weighted by atomic mass is 10.0. The lowest BCUT2D eigenvalue weighted by Crippen LogP contribution is -2.21. The molecule has 4 heteroatoms. The zero-order valence-electron chi connectivity index (χ0n) is 7.78. The Bertz CT molecular complexity index is 338. The van der Waals surface area contributed by atoms with Crippen molar-refractivity contribution in [2.45, 2.75) is 25.3 Å². The van der Waals surface area contributed by atoms with Crippen molar-refractivity contribution in [3.63, 3.8) is 0 Å². The highest BCUT2D eigenvalue weighted by atomic mass is 35.5. The molecular formula is C10H12ClN3. The molecule has 1 atom stereocenters. The fraction of sp³-hybridized carbons (Fsp3) is 0.400. The second-order valence-electron chi connectivity index (χ2n) is 3.32. The first-order valence-electron chi connectivity index (χ1n) is 4.74. The minimum atomic E-state index is 0.439. The number of nitrogens with one attached hydrogen (secondary N) is 1. The van der Waals surface area contributed by atoms with Crippen molar-refractivity contribution in [1.82, 2.24) is 9.97 Å². The lowest BCUT2D eigenvalue weighted by molar-refractivity contribution is 0.641. The van der Waals surface area contributed by atoms with E-state index in [0.717, 1.165) is 19.3 Å².